The Morgan fingerprint density at radius 3 is 2.40 bits per heavy atom. The van der Waals surface area contributed by atoms with Gasteiger partial charge < -0.3 is 5.32 Å². The minimum absolute atomic E-state index is 0.590. The standard InChI is InChI=1S/C19H33N/c1-5-6-20-17(7-14(2)3)19-11-15-8-16(12-19)10-18(4,9-15)13-19/h15-17,20H,2,5-13H2,1,3-4H3. The van der Waals surface area contributed by atoms with Gasteiger partial charge in [-0.1, -0.05) is 19.4 Å². The first kappa shape index (κ1) is 14.6. The Bertz CT molecular complexity index is 369. The number of hydrogen-bond donors (Lipinski definition) is 1. The Kier molecular flexibility index (Phi) is 3.77. The predicted molar refractivity (Wildman–Crippen MR) is 86.7 cm³/mol. The zero-order valence-corrected chi connectivity index (χ0v) is 13.8. The largest absolute Gasteiger partial charge is 0.313 e. The summed E-state index contributed by atoms with van der Waals surface area (Å²) in [5.41, 5.74) is 2.61. The van der Waals surface area contributed by atoms with Crippen molar-refractivity contribution in [3.63, 3.8) is 0 Å². The van der Waals surface area contributed by atoms with E-state index in [9.17, 15) is 0 Å². The smallest absolute Gasteiger partial charge is 0.0161 e. The molecule has 0 heterocycles. The molecule has 0 aromatic rings. The van der Waals surface area contributed by atoms with E-state index < -0.39 is 0 Å². The topological polar surface area (TPSA) is 12.0 Å². The fraction of sp³-hybridized carbons (Fsp3) is 0.895. The third-order valence-corrected chi connectivity index (χ3v) is 6.33. The average Bonchev–Trinajstić information content (AvgIpc) is 2.30. The molecule has 1 N–H and O–H groups in total. The maximum Gasteiger partial charge on any atom is 0.0161 e. The van der Waals surface area contributed by atoms with Crippen LogP contribution in [0.4, 0.5) is 0 Å². The molecule has 0 aromatic carbocycles. The molecule has 4 aliphatic rings. The zero-order chi connectivity index (χ0) is 14.4. The fourth-order valence-corrected chi connectivity index (χ4v) is 6.38. The Morgan fingerprint density at radius 2 is 1.90 bits per heavy atom. The molecule has 0 aliphatic heterocycles. The lowest BCUT2D eigenvalue weighted by molar-refractivity contribution is -0.117. The molecule has 0 aromatic heterocycles. The Morgan fingerprint density at radius 1 is 1.25 bits per heavy atom. The van der Waals surface area contributed by atoms with Crippen molar-refractivity contribution in [1.29, 1.82) is 0 Å². The van der Waals surface area contributed by atoms with Crippen LogP contribution in [0.25, 0.3) is 0 Å². The summed E-state index contributed by atoms with van der Waals surface area (Å²) in [6.07, 6.45) is 11.5. The molecule has 3 unspecified atom stereocenters. The van der Waals surface area contributed by atoms with Crippen LogP contribution < -0.4 is 5.32 Å². The maximum atomic E-state index is 4.21. The lowest BCUT2D eigenvalue weighted by Crippen LogP contribution is -2.58. The summed E-state index contributed by atoms with van der Waals surface area (Å²) in [4.78, 5) is 0. The maximum absolute atomic E-state index is 4.21. The van der Waals surface area contributed by atoms with Crippen LogP contribution in [0.5, 0.6) is 0 Å². The van der Waals surface area contributed by atoms with E-state index in [2.05, 4.69) is 32.7 Å². The quantitative estimate of drug-likeness (QED) is 0.678. The number of rotatable bonds is 6. The summed E-state index contributed by atoms with van der Waals surface area (Å²) < 4.78 is 0. The zero-order valence-electron chi connectivity index (χ0n) is 13.8. The van der Waals surface area contributed by atoms with Gasteiger partial charge in [-0.25, -0.2) is 0 Å². The van der Waals surface area contributed by atoms with Crippen molar-refractivity contribution in [2.45, 2.75) is 78.2 Å². The summed E-state index contributed by atoms with van der Waals surface area (Å²) in [7, 11) is 0. The molecule has 114 valence electrons. The van der Waals surface area contributed by atoms with Gasteiger partial charge in [0.2, 0.25) is 0 Å². The first-order valence-electron chi connectivity index (χ1n) is 8.82. The molecule has 4 aliphatic carbocycles. The van der Waals surface area contributed by atoms with E-state index in [4.69, 9.17) is 0 Å². The SMILES string of the molecule is C=C(C)CC(NCCC)C12CC3CC(CC(C)(C3)C1)C2. The van der Waals surface area contributed by atoms with E-state index in [0.29, 0.717) is 16.9 Å². The van der Waals surface area contributed by atoms with Crippen molar-refractivity contribution in [3.05, 3.63) is 12.2 Å². The van der Waals surface area contributed by atoms with Crippen LogP contribution >= 0.6 is 0 Å². The molecule has 0 saturated heterocycles. The van der Waals surface area contributed by atoms with Crippen LogP contribution in [-0.2, 0) is 0 Å². The molecule has 20 heavy (non-hydrogen) atoms. The van der Waals surface area contributed by atoms with E-state index in [1.807, 2.05) is 0 Å². The molecule has 4 bridgehead atoms. The molecule has 4 fully saturated rings. The number of nitrogens with one attached hydrogen (secondary N) is 1. The lowest BCUT2D eigenvalue weighted by Gasteiger charge is -2.63. The molecule has 4 rings (SSSR count). The van der Waals surface area contributed by atoms with Gasteiger partial charge in [-0.15, -0.1) is 6.58 Å². The third kappa shape index (κ3) is 2.58. The second-order valence-electron chi connectivity index (χ2n) is 8.80. The molecule has 0 spiro atoms. The van der Waals surface area contributed by atoms with Gasteiger partial charge in [0.05, 0.1) is 0 Å². The van der Waals surface area contributed by atoms with E-state index in [-0.39, 0.29) is 0 Å². The van der Waals surface area contributed by atoms with Gasteiger partial charge >= 0.3 is 0 Å². The molecule has 4 saturated carbocycles. The van der Waals surface area contributed by atoms with E-state index in [1.165, 1.54) is 63.5 Å². The van der Waals surface area contributed by atoms with Crippen molar-refractivity contribution >= 4 is 0 Å². The van der Waals surface area contributed by atoms with Gasteiger partial charge in [0.1, 0.15) is 0 Å². The van der Waals surface area contributed by atoms with Crippen LogP contribution in [0.15, 0.2) is 12.2 Å². The fourth-order valence-electron chi connectivity index (χ4n) is 6.38. The molecule has 1 heteroatoms. The van der Waals surface area contributed by atoms with E-state index in [1.54, 1.807) is 0 Å². The average molecular weight is 275 g/mol. The Balaban J connectivity index is 1.83. The molecular weight excluding hydrogens is 242 g/mol. The van der Waals surface area contributed by atoms with Crippen LogP contribution in [0, 0.1) is 22.7 Å². The second-order valence-corrected chi connectivity index (χ2v) is 8.80. The second kappa shape index (κ2) is 5.16. The minimum atomic E-state index is 0.590. The first-order chi connectivity index (χ1) is 9.45. The third-order valence-electron chi connectivity index (χ3n) is 6.33. The van der Waals surface area contributed by atoms with Crippen molar-refractivity contribution in [2.75, 3.05) is 6.54 Å². The van der Waals surface area contributed by atoms with Crippen LogP contribution in [0.3, 0.4) is 0 Å². The summed E-state index contributed by atoms with van der Waals surface area (Å²) >= 11 is 0. The highest BCUT2D eigenvalue weighted by Gasteiger charge is 2.57. The van der Waals surface area contributed by atoms with Crippen LogP contribution in [-0.4, -0.2) is 12.6 Å². The molecular formula is C19H33N. The van der Waals surface area contributed by atoms with Gasteiger partial charge in [0.15, 0.2) is 0 Å². The first-order valence-corrected chi connectivity index (χ1v) is 8.82. The minimum Gasteiger partial charge on any atom is -0.313 e. The summed E-state index contributed by atoms with van der Waals surface area (Å²) in [6.45, 7) is 12.5. The Labute approximate surface area is 125 Å². The predicted octanol–water partition coefficient (Wildman–Crippen LogP) is 4.93. The van der Waals surface area contributed by atoms with Gasteiger partial charge in [0.25, 0.3) is 0 Å². The van der Waals surface area contributed by atoms with E-state index >= 15 is 0 Å². The van der Waals surface area contributed by atoms with E-state index in [0.717, 1.165) is 11.8 Å². The highest BCUT2D eigenvalue weighted by atomic mass is 14.9. The normalized spacial score (nSPS) is 43.8. The van der Waals surface area contributed by atoms with Gasteiger partial charge in [-0.2, -0.15) is 0 Å². The van der Waals surface area contributed by atoms with Crippen LogP contribution in [0.1, 0.15) is 72.1 Å². The lowest BCUT2D eigenvalue weighted by atomic mass is 9.43. The summed E-state index contributed by atoms with van der Waals surface area (Å²) in [6, 6.07) is 0.685. The van der Waals surface area contributed by atoms with Crippen LogP contribution in [0.2, 0.25) is 0 Å². The summed E-state index contributed by atoms with van der Waals surface area (Å²) in [5, 5.41) is 3.91. The Hall–Kier alpha value is -0.300. The van der Waals surface area contributed by atoms with Crippen molar-refractivity contribution in [2.24, 2.45) is 22.7 Å². The van der Waals surface area contributed by atoms with Crippen molar-refractivity contribution < 1.29 is 0 Å². The molecule has 0 amide bonds. The van der Waals surface area contributed by atoms with Gasteiger partial charge in [0, 0.05) is 6.04 Å². The van der Waals surface area contributed by atoms with Crippen molar-refractivity contribution in [3.8, 4) is 0 Å². The molecule has 1 nitrogen and oxygen atoms in total. The highest BCUT2D eigenvalue weighted by Crippen LogP contribution is 2.66. The number of hydrogen-bond acceptors (Lipinski definition) is 1. The highest BCUT2D eigenvalue weighted by molar-refractivity contribution is 5.12. The van der Waals surface area contributed by atoms with Gasteiger partial charge in [-0.05, 0) is 87.5 Å². The van der Waals surface area contributed by atoms with Crippen molar-refractivity contribution in [1.82, 2.24) is 5.32 Å². The summed E-state index contributed by atoms with van der Waals surface area (Å²) in [5.74, 6) is 2.05. The molecule has 3 atom stereocenters. The monoisotopic (exact) mass is 275 g/mol. The molecule has 0 radical (unpaired) electrons. The van der Waals surface area contributed by atoms with Gasteiger partial charge in [-0.3, -0.25) is 0 Å².